The summed E-state index contributed by atoms with van der Waals surface area (Å²) >= 11 is 0. The quantitative estimate of drug-likeness (QED) is 0.826. The Bertz CT molecular complexity index is 439. The third kappa shape index (κ3) is 2.77. The monoisotopic (exact) mass is 252 g/mol. The number of alkyl halides is 2. The van der Waals surface area contributed by atoms with Crippen molar-refractivity contribution >= 4 is 0 Å². The van der Waals surface area contributed by atoms with Crippen molar-refractivity contribution in [2.45, 2.75) is 25.5 Å². The van der Waals surface area contributed by atoms with E-state index >= 15 is 0 Å². The number of nitrogens with zero attached hydrogens (tertiary/aromatic N) is 2. The van der Waals surface area contributed by atoms with E-state index < -0.39 is 12.7 Å². The Morgan fingerprint density at radius 1 is 1.22 bits per heavy atom. The molecule has 1 saturated heterocycles. The van der Waals surface area contributed by atoms with Crippen molar-refractivity contribution in [1.82, 2.24) is 4.90 Å². The second-order valence-electron chi connectivity index (χ2n) is 4.19. The van der Waals surface area contributed by atoms with Gasteiger partial charge in [-0.25, -0.2) is 0 Å². The van der Waals surface area contributed by atoms with Gasteiger partial charge in [-0.15, -0.1) is 0 Å². The van der Waals surface area contributed by atoms with Gasteiger partial charge in [-0.05, 0) is 32.0 Å². The molecule has 0 aromatic heterocycles. The van der Waals surface area contributed by atoms with Gasteiger partial charge in [0.25, 0.3) is 0 Å². The first-order valence-corrected chi connectivity index (χ1v) is 5.90. The van der Waals surface area contributed by atoms with Gasteiger partial charge >= 0.3 is 6.61 Å². The van der Waals surface area contributed by atoms with Crippen LogP contribution in [0.1, 0.15) is 24.4 Å². The lowest BCUT2D eigenvalue weighted by atomic mass is 10.1. The molecule has 1 aliphatic rings. The fraction of sp³-hybridized carbons (Fsp3) is 0.462. The van der Waals surface area contributed by atoms with Gasteiger partial charge < -0.3 is 4.74 Å². The SMILES string of the molecule is N#CC(c1ccccc1OC(F)F)N1CCCC1. The maximum Gasteiger partial charge on any atom is 0.387 e. The fourth-order valence-electron chi connectivity index (χ4n) is 2.26. The van der Waals surface area contributed by atoms with Crippen LogP contribution >= 0.6 is 0 Å². The number of rotatable bonds is 4. The Hall–Kier alpha value is -1.67. The zero-order chi connectivity index (χ0) is 13.0. The second kappa shape index (κ2) is 5.78. The van der Waals surface area contributed by atoms with Gasteiger partial charge in [0.2, 0.25) is 0 Å². The summed E-state index contributed by atoms with van der Waals surface area (Å²) in [6.45, 7) is -1.23. The van der Waals surface area contributed by atoms with Crippen LogP contribution in [-0.2, 0) is 0 Å². The number of benzene rings is 1. The largest absolute Gasteiger partial charge is 0.434 e. The molecule has 3 nitrogen and oxygen atoms in total. The molecule has 1 atom stereocenters. The lowest BCUT2D eigenvalue weighted by Crippen LogP contribution is -2.25. The molecule has 18 heavy (non-hydrogen) atoms. The highest BCUT2D eigenvalue weighted by molar-refractivity contribution is 5.38. The van der Waals surface area contributed by atoms with Gasteiger partial charge in [0.05, 0.1) is 6.07 Å². The van der Waals surface area contributed by atoms with E-state index in [1.54, 1.807) is 18.2 Å². The lowest BCUT2D eigenvalue weighted by molar-refractivity contribution is -0.0508. The molecule has 0 spiro atoms. The summed E-state index contributed by atoms with van der Waals surface area (Å²) in [5, 5.41) is 9.26. The van der Waals surface area contributed by atoms with Crippen molar-refractivity contribution in [2.75, 3.05) is 13.1 Å². The first-order valence-electron chi connectivity index (χ1n) is 5.90. The normalized spacial score (nSPS) is 17.7. The van der Waals surface area contributed by atoms with Crippen molar-refractivity contribution in [3.8, 4) is 11.8 Å². The lowest BCUT2D eigenvalue weighted by Gasteiger charge is -2.23. The first kappa shape index (κ1) is 12.8. The smallest absolute Gasteiger partial charge is 0.387 e. The van der Waals surface area contributed by atoms with Gasteiger partial charge in [0, 0.05) is 5.56 Å². The standard InChI is InChI=1S/C13H14F2N2O/c14-13(15)18-12-6-2-1-5-10(12)11(9-16)17-7-3-4-8-17/h1-2,5-6,11,13H,3-4,7-8H2. The molecule has 0 N–H and O–H groups in total. The molecule has 2 rings (SSSR count). The molecule has 96 valence electrons. The highest BCUT2D eigenvalue weighted by atomic mass is 19.3. The average Bonchev–Trinajstić information content (AvgIpc) is 2.85. The zero-order valence-corrected chi connectivity index (χ0v) is 9.85. The molecule has 0 aliphatic carbocycles. The minimum Gasteiger partial charge on any atom is -0.434 e. The molecule has 1 fully saturated rings. The van der Waals surface area contributed by atoms with Crippen molar-refractivity contribution in [3.05, 3.63) is 29.8 Å². The van der Waals surface area contributed by atoms with Crippen LogP contribution in [0.5, 0.6) is 5.75 Å². The second-order valence-corrected chi connectivity index (χ2v) is 4.19. The number of hydrogen-bond acceptors (Lipinski definition) is 3. The Morgan fingerprint density at radius 3 is 2.50 bits per heavy atom. The topological polar surface area (TPSA) is 36.3 Å². The van der Waals surface area contributed by atoms with Crippen LogP contribution in [-0.4, -0.2) is 24.6 Å². The van der Waals surface area contributed by atoms with Crippen LogP contribution in [0, 0.1) is 11.3 Å². The summed E-state index contributed by atoms with van der Waals surface area (Å²) in [4.78, 5) is 1.99. The third-order valence-corrected chi connectivity index (χ3v) is 3.06. The van der Waals surface area contributed by atoms with E-state index in [4.69, 9.17) is 0 Å². The minimum atomic E-state index is -2.87. The summed E-state index contributed by atoms with van der Waals surface area (Å²) in [6, 6.07) is 8.16. The molecule has 0 amide bonds. The summed E-state index contributed by atoms with van der Waals surface area (Å²) in [7, 11) is 0. The molecule has 1 heterocycles. The summed E-state index contributed by atoms with van der Waals surface area (Å²) in [6.07, 6.45) is 2.08. The maximum absolute atomic E-state index is 12.3. The number of likely N-dealkylation sites (tertiary alicyclic amines) is 1. The molecule has 1 aromatic rings. The van der Waals surface area contributed by atoms with E-state index in [1.165, 1.54) is 6.07 Å². The zero-order valence-electron chi connectivity index (χ0n) is 9.85. The molecule has 1 aromatic carbocycles. The molecular formula is C13H14F2N2O. The number of para-hydroxylation sites is 1. The number of hydrogen-bond donors (Lipinski definition) is 0. The Kier molecular flexibility index (Phi) is 4.11. The highest BCUT2D eigenvalue weighted by Gasteiger charge is 2.26. The van der Waals surface area contributed by atoms with Crippen LogP contribution in [0.2, 0.25) is 0 Å². The van der Waals surface area contributed by atoms with Gasteiger partial charge in [0.15, 0.2) is 0 Å². The van der Waals surface area contributed by atoms with Crippen LogP contribution in [0.25, 0.3) is 0 Å². The van der Waals surface area contributed by atoms with Gasteiger partial charge in [-0.2, -0.15) is 14.0 Å². The third-order valence-electron chi connectivity index (χ3n) is 3.06. The van der Waals surface area contributed by atoms with Crippen LogP contribution in [0.15, 0.2) is 24.3 Å². The number of halogens is 2. The van der Waals surface area contributed by atoms with E-state index in [0.29, 0.717) is 5.56 Å². The Labute approximate surface area is 105 Å². The molecule has 0 saturated carbocycles. The summed E-state index contributed by atoms with van der Waals surface area (Å²) < 4.78 is 29.1. The molecule has 0 radical (unpaired) electrons. The minimum absolute atomic E-state index is 0.0888. The van der Waals surface area contributed by atoms with Crippen LogP contribution < -0.4 is 4.74 Å². The summed E-state index contributed by atoms with van der Waals surface area (Å²) in [5.41, 5.74) is 0.516. The summed E-state index contributed by atoms with van der Waals surface area (Å²) in [5.74, 6) is 0.0888. The predicted molar refractivity (Wildman–Crippen MR) is 62.2 cm³/mol. The molecular weight excluding hydrogens is 238 g/mol. The van der Waals surface area contributed by atoms with Crippen molar-refractivity contribution in [1.29, 1.82) is 5.26 Å². The van der Waals surface area contributed by atoms with E-state index in [0.717, 1.165) is 25.9 Å². The van der Waals surface area contributed by atoms with E-state index in [9.17, 15) is 14.0 Å². The molecule has 1 unspecified atom stereocenters. The predicted octanol–water partition coefficient (Wildman–Crippen LogP) is 2.95. The maximum atomic E-state index is 12.3. The van der Waals surface area contributed by atoms with Gasteiger partial charge in [-0.1, -0.05) is 18.2 Å². The molecule has 1 aliphatic heterocycles. The molecule has 0 bridgehead atoms. The van der Waals surface area contributed by atoms with Crippen LogP contribution in [0.3, 0.4) is 0 Å². The van der Waals surface area contributed by atoms with Crippen LogP contribution in [0.4, 0.5) is 8.78 Å². The van der Waals surface area contributed by atoms with E-state index in [1.807, 2.05) is 4.90 Å². The van der Waals surface area contributed by atoms with Crippen molar-refractivity contribution in [3.63, 3.8) is 0 Å². The Balaban J connectivity index is 2.27. The van der Waals surface area contributed by atoms with Gasteiger partial charge in [0.1, 0.15) is 11.8 Å². The van der Waals surface area contributed by atoms with E-state index in [-0.39, 0.29) is 5.75 Å². The number of nitriles is 1. The van der Waals surface area contributed by atoms with Gasteiger partial charge in [-0.3, -0.25) is 4.90 Å². The number of ether oxygens (including phenoxy) is 1. The molecule has 5 heteroatoms. The van der Waals surface area contributed by atoms with Crippen molar-refractivity contribution in [2.24, 2.45) is 0 Å². The Morgan fingerprint density at radius 2 is 1.89 bits per heavy atom. The average molecular weight is 252 g/mol. The first-order chi connectivity index (χ1) is 8.72. The van der Waals surface area contributed by atoms with E-state index in [2.05, 4.69) is 10.8 Å². The highest BCUT2D eigenvalue weighted by Crippen LogP contribution is 2.31. The fourth-order valence-corrected chi connectivity index (χ4v) is 2.26. The van der Waals surface area contributed by atoms with Crippen molar-refractivity contribution < 1.29 is 13.5 Å².